The number of nitrogens with zero attached hydrogens (tertiary/aromatic N) is 1. The largest absolute Gasteiger partial charge is 0.380 e. The summed E-state index contributed by atoms with van der Waals surface area (Å²) in [5, 5.41) is 6.49. The minimum absolute atomic E-state index is 0.0207. The van der Waals surface area contributed by atoms with Gasteiger partial charge in [0, 0.05) is 35.7 Å². The molecule has 148 valence electrons. The highest BCUT2D eigenvalue weighted by Gasteiger charge is 2.15. The first-order valence-electron chi connectivity index (χ1n) is 9.94. The van der Waals surface area contributed by atoms with Gasteiger partial charge in [0.05, 0.1) is 0 Å². The monoisotopic (exact) mass is 385 g/mol. The van der Waals surface area contributed by atoms with E-state index in [1.807, 2.05) is 36.0 Å². The molecule has 0 fully saturated rings. The molecule has 0 bridgehead atoms. The maximum Gasteiger partial charge on any atom is 0.272 e. The summed E-state index contributed by atoms with van der Waals surface area (Å²) in [6.45, 7) is 6.42. The van der Waals surface area contributed by atoms with Crippen LogP contribution in [0, 0.1) is 0 Å². The minimum Gasteiger partial charge on any atom is -0.380 e. The van der Waals surface area contributed by atoms with Crippen molar-refractivity contribution in [1.82, 2.24) is 4.57 Å². The molecule has 0 saturated carbocycles. The number of nitrogens with one attached hydrogen (secondary N) is 2. The Morgan fingerprint density at radius 3 is 2.41 bits per heavy atom. The van der Waals surface area contributed by atoms with Crippen LogP contribution in [0.1, 0.15) is 42.4 Å². The molecule has 0 radical (unpaired) electrons. The molecule has 4 nitrogen and oxygen atoms in total. The van der Waals surface area contributed by atoms with Gasteiger partial charge in [-0.05, 0) is 74.2 Å². The van der Waals surface area contributed by atoms with Crippen molar-refractivity contribution in [2.45, 2.75) is 32.7 Å². The molecule has 1 aliphatic rings. The average molecular weight is 386 g/mol. The maximum atomic E-state index is 12.8. The molecule has 4 heteroatoms. The van der Waals surface area contributed by atoms with Crippen molar-refractivity contribution in [3.63, 3.8) is 0 Å². The molecule has 1 aromatic heterocycles. The topological polar surface area (TPSA) is 46.1 Å². The number of fused-ring (bicyclic) bond motifs is 1. The van der Waals surface area contributed by atoms with Crippen molar-refractivity contribution in [2.75, 3.05) is 10.6 Å². The van der Waals surface area contributed by atoms with E-state index < -0.39 is 0 Å². The third-order valence-electron chi connectivity index (χ3n) is 5.01. The maximum absolute atomic E-state index is 12.8. The lowest BCUT2D eigenvalue weighted by molar-refractivity contribution is 0.101. The Bertz CT molecular complexity index is 1080. The molecule has 0 atom stereocenters. The third kappa shape index (κ3) is 4.27. The fourth-order valence-corrected chi connectivity index (χ4v) is 3.65. The number of hydrogen-bond donors (Lipinski definition) is 2. The zero-order valence-electron chi connectivity index (χ0n) is 17.4. The Labute approximate surface area is 172 Å². The molecule has 0 saturated heterocycles. The number of anilines is 2. The number of amides is 1. The van der Waals surface area contributed by atoms with Crippen molar-refractivity contribution >= 4 is 23.4 Å². The fraction of sp³-hybridized carbons (Fsp3) is 0.240. The summed E-state index contributed by atoms with van der Waals surface area (Å²) in [5.41, 5.74) is 7.15. The second kappa shape index (κ2) is 7.28. The van der Waals surface area contributed by atoms with E-state index in [-0.39, 0.29) is 11.4 Å². The number of benzene rings is 2. The average Bonchev–Trinajstić information content (AvgIpc) is 3.27. The highest BCUT2D eigenvalue weighted by molar-refractivity contribution is 6.04. The molecule has 2 N–H and O–H groups in total. The molecule has 29 heavy (non-hydrogen) atoms. The normalized spacial score (nSPS) is 12.7. The summed E-state index contributed by atoms with van der Waals surface area (Å²) in [4.78, 5) is 12.8. The summed E-state index contributed by atoms with van der Waals surface area (Å²) in [6.07, 6.45) is 7.20. The van der Waals surface area contributed by atoms with Crippen LogP contribution in [0.3, 0.4) is 0 Å². The SMILES string of the molecule is Cn1cc(-c2ccc(NC(C)(C)C)cc2)cc1C(=O)Nc1ccc2c(c1)C=CC2. The van der Waals surface area contributed by atoms with Crippen molar-refractivity contribution in [2.24, 2.45) is 7.05 Å². The van der Waals surface area contributed by atoms with Crippen LogP contribution in [0.15, 0.2) is 60.8 Å². The van der Waals surface area contributed by atoms with Crippen LogP contribution in [0.4, 0.5) is 11.4 Å². The predicted molar refractivity (Wildman–Crippen MR) is 121 cm³/mol. The zero-order valence-corrected chi connectivity index (χ0v) is 17.4. The van der Waals surface area contributed by atoms with Gasteiger partial charge in [0.1, 0.15) is 5.69 Å². The molecule has 0 unspecified atom stereocenters. The van der Waals surface area contributed by atoms with E-state index >= 15 is 0 Å². The van der Waals surface area contributed by atoms with Gasteiger partial charge in [-0.3, -0.25) is 4.79 Å². The lowest BCUT2D eigenvalue weighted by Crippen LogP contribution is -2.25. The van der Waals surface area contributed by atoms with E-state index in [9.17, 15) is 4.79 Å². The van der Waals surface area contributed by atoms with Crippen molar-refractivity contribution in [3.05, 3.63) is 77.6 Å². The van der Waals surface area contributed by atoms with E-state index in [0.29, 0.717) is 5.69 Å². The Morgan fingerprint density at radius 2 is 1.69 bits per heavy atom. The van der Waals surface area contributed by atoms with Crippen molar-refractivity contribution in [1.29, 1.82) is 0 Å². The summed E-state index contributed by atoms with van der Waals surface area (Å²) in [5.74, 6) is -0.105. The van der Waals surface area contributed by atoms with Gasteiger partial charge in [-0.2, -0.15) is 0 Å². The molecular weight excluding hydrogens is 358 g/mol. The van der Waals surface area contributed by atoms with Crippen LogP contribution in [0.2, 0.25) is 0 Å². The fourth-order valence-electron chi connectivity index (χ4n) is 3.65. The summed E-state index contributed by atoms with van der Waals surface area (Å²) in [6, 6.07) is 16.3. The number of rotatable bonds is 4. The second-order valence-corrected chi connectivity index (χ2v) is 8.65. The zero-order chi connectivity index (χ0) is 20.6. The van der Waals surface area contributed by atoms with E-state index in [0.717, 1.165) is 28.9 Å². The van der Waals surface area contributed by atoms with Crippen molar-refractivity contribution < 1.29 is 4.79 Å². The van der Waals surface area contributed by atoms with Crippen LogP contribution >= 0.6 is 0 Å². The van der Waals surface area contributed by atoms with Gasteiger partial charge in [0.25, 0.3) is 5.91 Å². The predicted octanol–water partition coefficient (Wildman–Crippen LogP) is 5.72. The van der Waals surface area contributed by atoms with Gasteiger partial charge < -0.3 is 15.2 Å². The Balaban J connectivity index is 1.51. The van der Waals surface area contributed by atoms with E-state index in [1.54, 1.807) is 0 Å². The molecule has 0 spiro atoms. The van der Waals surface area contributed by atoms with E-state index in [2.05, 4.69) is 73.9 Å². The Kier molecular flexibility index (Phi) is 4.79. The minimum atomic E-state index is -0.105. The highest BCUT2D eigenvalue weighted by atomic mass is 16.1. The van der Waals surface area contributed by atoms with Crippen LogP contribution in [-0.4, -0.2) is 16.0 Å². The standard InChI is InChI=1S/C25H27N3O/c1-25(2,3)27-21-11-8-18(9-12-21)20-15-23(28(4)16-20)24(29)26-22-13-10-17-6-5-7-19(17)14-22/h5,7-16,27H,6H2,1-4H3,(H,26,29). The third-order valence-corrected chi connectivity index (χ3v) is 5.01. The van der Waals surface area contributed by atoms with Gasteiger partial charge in [-0.1, -0.05) is 30.4 Å². The number of aryl methyl sites for hydroxylation is 1. The van der Waals surface area contributed by atoms with Crippen molar-refractivity contribution in [3.8, 4) is 11.1 Å². The quantitative estimate of drug-likeness (QED) is 0.603. The van der Waals surface area contributed by atoms with Crippen LogP contribution < -0.4 is 10.6 Å². The number of aromatic nitrogens is 1. The van der Waals surface area contributed by atoms with Gasteiger partial charge in [-0.15, -0.1) is 0 Å². The first-order valence-corrected chi connectivity index (χ1v) is 9.94. The molecular formula is C25H27N3O. The molecule has 1 aliphatic carbocycles. The van der Waals surface area contributed by atoms with Gasteiger partial charge in [0.2, 0.25) is 0 Å². The van der Waals surface area contributed by atoms with Gasteiger partial charge >= 0.3 is 0 Å². The number of carbonyl (C=O) groups is 1. The first kappa shape index (κ1) is 19.1. The lowest BCUT2D eigenvalue weighted by Gasteiger charge is -2.22. The molecule has 1 heterocycles. The number of carbonyl (C=O) groups excluding carboxylic acids is 1. The van der Waals surface area contributed by atoms with Crippen LogP contribution in [0.5, 0.6) is 0 Å². The molecule has 2 aromatic carbocycles. The number of hydrogen-bond acceptors (Lipinski definition) is 2. The lowest BCUT2D eigenvalue weighted by atomic mass is 10.1. The summed E-state index contributed by atoms with van der Waals surface area (Å²) in [7, 11) is 1.90. The summed E-state index contributed by atoms with van der Waals surface area (Å²) < 4.78 is 1.87. The second-order valence-electron chi connectivity index (χ2n) is 8.65. The highest BCUT2D eigenvalue weighted by Crippen LogP contribution is 2.26. The smallest absolute Gasteiger partial charge is 0.272 e. The van der Waals surface area contributed by atoms with Gasteiger partial charge in [-0.25, -0.2) is 0 Å². The number of allylic oxidation sites excluding steroid dienone is 1. The molecule has 1 amide bonds. The Hall–Kier alpha value is -3.27. The van der Waals surface area contributed by atoms with Gasteiger partial charge in [0.15, 0.2) is 0 Å². The Morgan fingerprint density at radius 1 is 0.966 bits per heavy atom. The molecule has 0 aliphatic heterocycles. The molecule has 3 aromatic rings. The van der Waals surface area contributed by atoms with E-state index in [4.69, 9.17) is 0 Å². The van der Waals surface area contributed by atoms with Crippen LogP contribution in [-0.2, 0) is 13.5 Å². The van der Waals surface area contributed by atoms with Crippen LogP contribution in [0.25, 0.3) is 17.2 Å². The van der Waals surface area contributed by atoms with E-state index in [1.165, 1.54) is 11.1 Å². The summed E-state index contributed by atoms with van der Waals surface area (Å²) >= 11 is 0. The first-order chi connectivity index (χ1) is 13.8. The molecule has 4 rings (SSSR count).